The summed E-state index contributed by atoms with van der Waals surface area (Å²) in [4.78, 5) is 0. The van der Waals surface area contributed by atoms with Crippen LogP contribution in [0.3, 0.4) is 0 Å². The third kappa shape index (κ3) is 3.18. The van der Waals surface area contributed by atoms with Gasteiger partial charge in [-0.3, -0.25) is 0 Å². The van der Waals surface area contributed by atoms with Gasteiger partial charge < -0.3 is 10.1 Å². The van der Waals surface area contributed by atoms with Crippen LogP contribution in [0.5, 0.6) is 0 Å². The molecule has 2 nitrogen and oxygen atoms in total. The van der Waals surface area contributed by atoms with E-state index in [0.717, 1.165) is 19.6 Å². The SMILES string of the molecule is CC(NCCC1CCCO1)c1ccc2c(c1)CCC2. The van der Waals surface area contributed by atoms with Crippen LogP contribution in [-0.2, 0) is 17.6 Å². The third-order valence-electron chi connectivity index (χ3n) is 4.56. The molecule has 1 aliphatic carbocycles. The summed E-state index contributed by atoms with van der Waals surface area (Å²) >= 11 is 0. The molecule has 1 aromatic rings. The number of ether oxygens (including phenoxy) is 1. The molecule has 2 atom stereocenters. The molecule has 0 spiro atoms. The Morgan fingerprint density at radius 2 is 2.16 bits per heavy atom. The second-order valence-electron chi connectivity index (χ2n) is 5.98. The van der Waals surface area contributed by atoms with E-state index in [1.54, 1.807) is 11.1 Å². The van der Waals surface area contributed by atoms with Crippen molar-refractivity contribution >= 4 is 0 Å². The molecule has 104 valence electrons. The normalized spacial score (nSPS) is 23.5. The minimum atomic E-state index is 0.451. The first-order valence-electron chi connectivity index (χ1n) is 7.79. The van der Waals surface area contributed by atoms with E-state index in [2.05, 4.69) is 30.4 Å². The maximum absolute atomic E-state index is 5.66. The Morgan fingerprint density at radius 1 is 1.26 bits per heavy atom. The predicted octanol–water partition coefficient (Wildman–Crippen LogP) is 3.40. The summed E-state index contributed by atoms with van der Waals surface area (Å²) in [6.07, 6.45) is 8.01. The zero-order valence-electron chi connectivity index (χ0n) is 12.0. The van der Waals surface area contributed by atoms with Gasteiger partial charge in [0, 0.05) is 12.6 Å². The quantitative estimate of drug-likeness (QED) is 0.875. The average molecular weight is 259 g/mol. The first-order valence-corrected chi connectivity index (χ1v) is 7.79. The van der Waals surface area contributed by atoms with Gasteiger partial charge in [0.2, 0.25) is 0 Å². The van der Waals surface area contributed by atoms with E-state index in [1.807, 2.05) is 0 Å². The second kappa shape index (κ2) is 6.06. The van der Waals surface area contributed by atoms with E-state index in [-0.39, 0.29) is 0 Å². The molecule has 1 aliphatic heterocycles. The molecule has 0 amide bonds. The van der Waals surface area contributed by atoms with E-state index in [1.165, 1.54) is 37.7 Å². The summed E-state index contributed by atoms with van der Waals surface area (Å²) in [6, 6.07) is 7.49. The highest BCUT2D eigenvalue weighted by Crippen LogP contribution is 2.25. The summed E-state index contributed by atoms with van der Waals surface area (Å²) < 4.78 is 5.66. The molecule has 1 fully saturated rings. The van der Waals surface area contributed by atoms with Crippen molar-refractivity contribution in [3.05, 3.63) is 34.9 Å². The Kier molecular flexibility index (Phi) is 4.19. The first-order chi connectivity index (χ1) is 9.33. The van der Waals surface area contributed by atoms with Crippen molar-refractivity contribution in [1.82, 2.24) is 5.32 Å². The van der Waals surface area contributed by atoms with E-state index < -0.39 is 0 Å². The van der Waals surface area contributed by atoms with E-state index in [4.69, 9.17) is 4.74 Å². The molecule has 3 rings (SSSR count). The standard InChI is InChI=1S/C17H25NO/c1-13(18-10-9-17-6-3-11-19-17)15-8-7-14-4-2-5-16(14)12-15/h7-8,12-13,17-18H,2-6,9-11H2,1H3. The molecule has 0 bridgehead atoms. The van der Waals surface area contributed by atoms with Crippen LogP contribution in [-0.4, -0.2) is 19.3 Å². The van der Waals surface area contributed by atoms with Crippen molar-refractivity contribution in [1.29, 1.82) is 0 Å². The monoisotopic (exact) mass is 259 g/mol. The van der Waals surface area contributed by atoms with Gasteiger partial charge in [0.05, 0.1) is 6.10 Å². The Balaban J connectivity index is 1.50. The Labute approximate surface area is 116 Å². The number of hydrogen-bond acceptors (Lipinski definition) is 2. The zero-order valence-corrected chi connectivity index (χ0v) is 12.0. The maximum atomic E-state index is 5.66. The van der Waals surface area contributed by atoms with Gasteiger partial charge in [-0.05, 0) is 68.7 Å². The number of hydrogen-bond donors (Lipinski definition) is 1. The minimum Gasteiger partial charge on any atom is -0.378 e. The fourth-order valence-corrected chi connectivity index (χ4v) is 3.31. The fourth-order valence-electron chi connectivity index (χ4n) is 3.31. The predicted molar refractivity (Wildman–Crippen MR) is 78.5 cm³/mol. The molecule has 1 N–H and O–H groups in total. The molecule has 1 heterocycles. The molecule has 0 saturated carbocycles. The van der Waals surface area contributed by atoms with Crippen LogP contribution in [0.25, 0.3) is 0 Å². The number of aryl methyl sites for hydroxylation is 2. The largest absolute Gasteiger partial charge is 0.378 e. The van der Waals surface area contributed by atoms with Crippen LogP contribution in [0, 0.1) is 0 Å². The summed E-state index contributed by atoms with van der Waals surface area (Å²) in [5.74, 6) is 0. The van der Waals surface area contributed by atoms with Crippen LogP contribution in [0.1, 0.15) is 55.3 Å². The summed E-state index contributed by atoms with van der Waals surface area (Å²) in [7, 11) is 0. The molecule has 1 aromatic carbocycles. The summed E-state index contributed by atoms with van der Waals surface area (Å²) in [5, 5.41) is 3.64. The highest BCUT2D eigenvalue weighted by Gasteiger charge is 2.16. The van der Waals surface area contributed by atoms with Gasteiger partial charge in [-0.25, -0.2) is 0 Å². The molecule has 2 aliphatic rings. The topological polar surface area (TPSA) is 21.3 Å². The van der Waals surface area contributed by atoms with E-state index in [0.29, 0.717) is 12.1 Å². The lowest BCUT2D eigenvalue weighted by molar-refractivity contribution is 0.103. The van der Waals surface area contributed by atoms with Crippen LogP contribution < -0.4 is 5.32 Å². The van der Waals surface area contributed by atoms with Gasteiger partial charge in [-0.2, -0.15) is 0 Å². The maximum Gasteiger partial charge on any atom is 0.0588 e. The summed E-state index contributed by atoms with van der Waals surface area (Å²) in [5.41, 5.74) is 4.58. The van der Waals surface area contributed by atoms with Gasteiger partial charge >= 0.3 is 0 Å². The van der Waals surface area contributed by atoms with Gasteiger partial charge in [-0.15, -0.1) is 0 Å². The van der Waals surface area contributed by atoms with Crippen molar-refractivity contribution in [3.8, 4) is 0 Å². The van der Waals surface area contributed by atoms with Crippen molar-refractivity contribution in [2.45, 2.75) is 57.6 Å². The van der Waals surface area contributed by atoms with Gasteiger partial charge in [-0.1, -0.05) is 18.2 Å². The molecule has 2 heteroatoms. The highest BCUT2D eigenvalue weighted by molar-refractivity contribution is 5.36. The Morgan fingerprint density at radius 3 is 3.00 bits per heavy atom. The number of rotatable bonds is 5. The van der Waals surface area contributed by atoms with Crippen LogP contribution in [0.2, 0.25) is 0 Å². The van der Waals surface area contributed by atoms with Crippen molar-refractivity contribution < 1.29 is 4.74 Å². The highest BCUT2D eigenvalue weighted by atomic mass is 16.5. The first kappa shape index (κ1) is 13.1. The summed E-state index contributed by atoms with van der Waals surface area (Å²) in [6.45, 7) is 4.29. The van der Waals surface area contributed by atoms with Crippen molar-refractivity contribution in [2.24, 2.45) is 0 Å². The van der Waals surface area contributed by atoms with Crippen LogP contribution in [0.15, 0.2) is 18.2 Å². The smallest absolute Gasteiger partial charge is 0.0588 e. The molecule has 0 radical (unpaired) electrons. The number of fused-ring (bicyclic) bond motifs is 1. The fraction of sp³-hybridized carbons (Fsp3) is 0.647. The van der Waals surface area contributed by atoms with Gasteiger partial charge in [0.25, 0.3) is 0 Å². The van der Waals surface area contributed by atoms with Crippen molar-refractivity contribution in [2.75, 3.05) is 13.2 Å². The Bertz CT molecular complexity index is 423. The molecular weight excluding hydrogens is 234 g/mol. The third-order valence-corrected chi connectivity index (χ3v) is 4.56. The second-order valence-corrected chi connectivity index (χ2v) is 5.98. The van der Waals surface area contributed by atoms with Gasteiger partial charge in [0.15, 0.2) is 0 Å². The molecule has 1 saturated heterocycles. The minimum absolute atomic E-state index is 0.451. The number of nitrogens with one attached hydrogen (secondary N) is 1. The van der Waals surface area contributed by atoms with E-state index in [9.17, 15) is 0 Å². The molecule has 0 aromatic heterocycles. The van der Waals surface area contributed by atoms with Gasteiger partial charge in [0.1, 0.15) is 0 Å². The molecule has 19 heavy (non-hydrogen) atoms. The molecule has 2 unspecified atom stereocenters. The lowest BCUT2D eigenvalue weighted by Crippen LogP contribution is -2.23. The molecular formula is C17H25NO. The lowest BCUT2D eigenvalue weighted by atomic mass is 10.0. The zero-order chi connectivity index (χ0) is 13.1. The van der Waals surface area contributed by atoms with Crippen molar-refractivity contribution in [3.63, 3.8) is 0 Å². The van der Waals surface area contributed by atoms with Crippen LogP contribution in [0.4, 0.5) is 0 Å². The number of benzene rings is 1. The van der Waals surface area contributed by atoms with Crippen LogP contribution >= 0.6 is 0 Å². The average Bonchev–Trinajstić information content (AvgIpc) is 3.08. The van der Waals surface area contributed by atoms with E-state index >= 15 is 0 Å². The Hall–Kier alpha value is -0.860. The lowest BCUT2D eigenvalue weighted by Gasteiger charge is -2.17.